The molecule has 2 atom stereocenters. The summed E-state index contributed by atoms with van der Waals surface area (Å²) in [6, 6.07) is 7.67. The van der Waals surface area contributed by atoms with Crippen LogP contribution in [0, 0.1) is 11.3 Å². The van der Waals surface area contributed by atoms with E-state index in [9.17, 15) is 13.8 Å². The Bertz CT molecular complexity index is 693. The fourth-order valence-electron chi connectivity index (χ4n) is 2.15. The molecule has 6 nitrogen and oxygen atoms in total. The highest BCUT2D eigenvalue weighted by Crippen LogP contribution is 2.12. The van der Waals surface area contributed by atoms with Crippen LogP contribution in [0.3, 0.4) is 0 Å². The van der Waals surface area contributed by atoms with Crippen molar-refractivity contribution in [3.05, 3.63) is 41.5 Å². The number of benzene rings is 1. The lowest BCUT2D eigenvalue weighted by atomic mass is 10.1. The van der Waals surface area contributed by atoms with Crippen LogP contribution in [-0.4, -0.2) is 50.2 Å². The van der Waals surface area contributed by atoms with Crippen molar-refractivity contribution in [1.29, 1.82) is 5.26 Å². The van der Waals surface area contributed by atoms with Crippen LogP contribution in [0.1, 0.15) is 11.1 Å². The van der Waals surface area contributed by atoms with Crippen molar-refractivity contribution in [2.24, 2.45) is 0 Å². The van der Waals surface area contributed by atoms with Crippen molar-refractivity contribution in [2.75, 3.05) is 18.1 Å². The van der Waals surface area contributed by atoms with E-state index in [1.165, 1.54) is 17.1 Å². The maximum absolute atomic E-state index is 12.2. The first-order valence-electron chi connectivity index (χ1n) is 6.58. The molecule has 0 aliphatic carbocycles. The number of hydrogen-bond acceptors (Lipinski definition) is 4. The lowest BCUT2D eigenvalue weighted by molar-refractivity contribution is -0.147. The van der Waals surface area contributed by atoms with Gasteiger partial charge in [-0.2, -0.15) is 5.26 Å². The molecule has 2 unspecified atom stereocenters. The number of nitrogens with zero attached hydrogens (tertiary/aromatic N) is 2. The molecule has 114 valence electrons. The first-order valence-corrected chi connectivity index (χ1v) is 8.06. The maximum Gasteiger partial charge on any atom is 0.327 e. The Labute approximate surface area is 130 Å². The number of aliphatic carboxylic acids is 1. The van der Waals surface area contributed by atoms with Gasteiger partial charge in [-0.25, -0.2) is 4.79 Å². The van der Waals surface area contributed by atoms with Crippen LogP contribution in [0.25, 0.3) is 6.08 Å². The zero-order chi connectivity index (χ0) is 16.1. The monoisotopic (exact) mass is 318 g/mol. The van der Waals surface area contributed by atoms with Gasteiger partial charge in [0.1, 0.15) is 6.04 Å². The van der Waals surface area contributed by atoms with Crippen LogP contribution in [0.4, 0.5) is 0 Å². The van der Waals surface area contributed by atoms with Gasteiger partial charge in [0.2, 0.25) is 5.91 Å². The van der Waals surface area contributed by atoms with Gasteiger partial charge < -0.3 is 10.0 Å². The van der Waals surface area contributed by atoms with E-state index in [1.54, 1.807) is 24.3 Å². The molecule has 0 bridgehead atoms. The molecule has 0 saturated carbocycles. The summed E-state index contributed by atoms with van der Waals surface area (Å²) < 4.78 is 11.5. The molecule has 2 rings (SSSR count). The molecular weight excluding hydrogens is 304 g/mol. The van der Waals surface area contributed by atoms with Gasteiger partial charge in [-0.1, -0.05) is 12.1 Å². The molecule has 7 heteroatoms. The molecule has 1 amide bonds. The SMILES string of the molecule is N#Cc1cccc(/C=C/C(=O)N2CCS(=O)CC2C(=O)O)c1. The standard InChI is InChI=1S/C15H14N2O4S/c16-9-12-3-1-2-11(8-12)4-5-14(18)17-6-7-22(21)10-13(17)15(19)20/h1-5,8,13H,6-7,10H2,(H,19,20)/b5-4+. The Morgan fingerprint density at radius 3 is 2.91 bits per heavy atom. The molecule has 1 N–H and O–H groups in total. The number of carbonyl (C=O) groups is 2. The number of carboxylic acids is 1. The highest BCUT2D eigenvalue weighted by molar-refractivity contribution is 7.85. The Hall–Kier alpha value is -2.46. The molecule has 0 spiro atoms. The highest BCUT2D eigenvalue weighted by Gasteiger charge is 2.34. The Morgan fingerprint density at radius 1 is 1.45 bits per heavy atom. The third kappa shape index (κ3) is 3.80. The van der Waals surface area contributed by atoms with E-state index >= 15 is 0 Å². The van der Waals surface area contributed by atoms with E-state index < -0.39 is 28.7 Å². The quantitative estimate of drug-likeness (QED) is 0.824. The molecule has 0 aromatic heterocycles. The minimum atomic E-state index is -1.21. The third-order valence-corrected chi connectivity index (χ3v) is 4.61. The van der Waals surface area contributed by atoms with Gasteiger partial charge in [-0.15, -0.1) is 0 Å². The summed E-state index contributed by atoms with van der Waals surface area (Å²) in [6.07, 6.45) is 2.81. The van der Waals surface area contributed by atoms with Gasteiger partial charge in [0.05, 0.1) is 17.4 Å². The molecule has 1 saturated heterocycles. The first-order chi connectivity index (χ1) is 10.5. The van der Waals surface area contributed by atoms with E-state index in [1.807, 2.05) is 6.07 Å². The number of hydrogen-bond donors (Lipinski definition) is 1. The van der Waals surface area contributed by atoms with Gasteiger partial charge in [-0.05, 0) is 23.8 Å². The summed E-state index contributed by atoms with van der Waals surface area (Å²) in [5.74, 6) is -1.35. The summed E-state index contributed by atoms with van der Waals surface area (Å²) >= 11 is 0. The Kier molecular flexibility index (Phi) is 5.07. The first kappa shape index (κ1) is 15.9. The fourth-order valence-corrected chi connectivity index (χ4v) is 3.39. The van der Waals surface area contributed by atoms with Crippen LogP contribution in [0.2, 0.25) is 0 Å². The van der Waals surface area contributed by atoms with Gasteiger partial charge >= 0.3 is 5.97 Å². The molecule has 1 aliphatic rings. The van der Waals surface area contributed by atoms with E-state index in [4.69, 9.17) is 10.4 Å². The summed E-state index contributed by atoms with van der Waals surface area (Å²) in [4.78, 5) is 24.6. The van der Waals surface area contributed by atoms with Gasteiger partial charge in [0.15, 0.2) is 0 Å². The van der Waals surface area contributed by atoms with E-state index in [0.29, 0.717) is 11.1 Å². The largest absolute Gasteiger partial charge is 0.480 e. The predicted octanol–water partition coefficient (Wildman–Crippen LogP) is 0.616. The average Bonchev–Trinajstić information content (AvgIpc) is 2.52. The zero-order valence-electron chi connectivity index (χ0n) is 11.6. The van der Waals surface area contributed by atoms with Crippen molar-refractivity contribution in [2.45, 2.75) is 6.04 Å². The zero-order valence-corrected chi connectivity index (χ0v) is 12.5. The molecule has 1 fully saturated rings. The number of amides is 1. The second kappa shape index (κ2) is 7.00. The number of nitriles is 1. The van der Waals surface area contributed by atoms with E-state index in [2.05, 4.69) is 0 Å². The number of carbonyl (C=O) groups excluding carboxylic acids is 1. The third-order valence-electron chi connectivity index (χ3n) is 3.28. The maximum atomic E-state index is 12.2. The second-order valence-electron chi connectivity index (χ2n) is 4.77. The van der Waals surface area contributed by atoms with Crippen LogP contribution in [0.15, 0.2) is 30.3 Å². The molecule has 22 heavy (non-hydrogen) atoms. The summed E-state index contributed by atoms with van der Waals surface area (Å²) in [5.41, 5.74) is 1.16. The fraction of sp³-hybridized carbons (Fsp3) is 0.267. The van der Waals surface area contributed by atoms with Gasteiger partial charge in [0.25, 0.3) is 0 Å². The molecule has 1 heterocycles. The Morgan fingerprint density at radius 2 is 2.23 bits per heavy atom. The van der Waals surface area contributed by atoms with E-state index in [-0.39, 0.29) is 18.1 Å². The average molecular weight is 318 g/mol. The second-order valence-corrected chi connectivity index (χ2v) is 6.39. The van der Waals surface area contributed by atoms with Crippen molar-refractivity contribution >= 4 is 28.8 Å². The summed E-state index contributed by atoms with van der Waals surface area (Å²) in [5, 5.41) is 18.0. The molecule has 0 radical (unpaired) electrons. The highest BCUT2D eigenvalue weighted by atomic mass is 32.2. The minimum absolute atomic E-state index is 0.0428. The van der Waals surface area contributed by atoms with Crippen molar-refractivity contribution in [1.82, 2.24) is 4.90 Å². The molecule has 1 aromatic rings. The van der Waals surface area contributed by atoms with Crippen LogP contribution >= 0.6 is 0 Å². The molecular formula is C15H14N2O4S. The van der Waals surface area contributed by atoms with Crippen LogP contribution in [-0.2, 0) is 20.4 Å². The number of carboxylic acid groups (broad SMARTS) is 1. The smallest absolute Gasteiger partial charge is 0.327 e. The van der Waals surface area contributed by atoms with Gasteiger partial charge in [-0.3, -0.25) is 9.00 Å². The van der Waals surface area contributed by atoms with Crippen LogP contribution < -0.4 is 0 Å². The summed E-state index contributed by atoms with van der Waals surface area (Å²) in [6.45, 7) is 0.158. The van der Waals surface area contributed by atoms with Crippen LogP contribution in [0.5, 0.6) is 0 Å². The van der Waals surface area contributed by atoms with Crippen molar-refractivity contribution < 1.29 is 18.9 Å². The van der Waals surface area contributed by atoms with E-state index in [0.717, 1.165) is 0 Å². The molecule has 1 aliphatic heterocycles. The number of rotatable bonds is 3. The van der Waals surface area contributed by atoms with Crippen molar-refractivity contribution in [3.63, 3.8) is 0 Å². The normalized spacial score (nSPS) is 21.5. The van der Waals surface area contributed by atoms with Crippen molar-refractivity contribution in [3.8, 4) is 6.07 Å². The lowest BCUT2D eigenvalue weighted by Gasteiger charge is -2.31. The predicted molar refractivity (Wildman–Crippen MR) is 81.2 cm³/mol. The molecule has 1 aromatic carbocycles. The topological polar surface area (TPSA) is 98.5 Å². The summed E-state index contributed by atoms with van der Waals surface area (Å²) in [7, 11) is -1.21. The van der Waals surface area contributed by atoms with Gasteiger partial charge in [0, 0.05) is 29.2 Å². The lowest BCUT2D eigenvalue weighted by Crippen LogP contribution is -2.52. The minimum Gasteiger partial charge on any atom is -0.480 e. The Balaban J connectivity index is 2.13.